The van der Waals surface area contributed by atoms with Crippen molar-refractivity contribution in [1.29, 1.82) is 0 Å². The first-order valence-corrected chi connectivity index (χ1v) is 8.47. The lowest BCUT2D eigenvalue weighted by molar-refractivity contribution is -0.0318. The predicted molar refractivity (Wildman–Crippen MR) is 92.5 cm³/mol. The molecular formula is C17H22N6O3. The van der Waals surface area contributed by atoms with Crippen molar-refractivity contribution in [2.24, 2.45) is 0 Å². The Morgan fingerprint density at radius 2 is 2.08 bits per heavy atom. The van der Waals surface area contributed by atoms with Crippen LogP contribution in [0.4, 0.5) is 0 Å². The van der Waals surface area contributed by atoms with Gasteiger partial charge in [0.25, 0.3) is 11.8 Å². The van der Waals surface area contributed by atoms with Crippen molar-refractivity contribution < 1.29 is 14.7 Å². The summed E-state index contributed by atoms with van der Waals surface area (Å²) in [5, 5.41) is 21.0. The minimum absolute atomic E-state index is 0.0554. The second-order valence-corrected chi connectivity index (χ2v) is 6.58. The van der Waals surface area contributed by atoms with Crippen LogP contribution in [0.3, 0.4) is 0 Å². The summed E-state index contributed by atoms with van der Waals surface area (Å²) in [4.78, 5) is 30.0. The smallest absolute Gasteiger partial charge is 0.273 e. The molecule has 138 valence electrons. The zero-order valence-electron chi connectivity index (χ0n) is 14.8. The third-order valence-corrected chi connectivity index (χ3v) is 4.58. The van der Waals surface area contributed by atoms with Crippen LogP contribution in [0.2, 0.25) is 0 Å². The Bertz CT molecular complexity index is 810. The fourth-order valence-electron chi connectivity index (χ4n) is 3.05. The first kappa shape index (κ1) is 18.0. The summed E-state index contributed by atoms with van der Waals surface area (Å²) in [5.41, 5.74) is 0.618. The van der Waals surface area contributed by atoms with E-state index in [0.29, 0.717) is 31.5 Å². The van der Waals surface area contributed by atoms with E-state index in [0.717, 1.165) is 5.69 Å². The first-order valence-electron chi connectivity index (χ1n) is 8.47. The molecule has 0 bridgehead atoms. The second-order valence-electron chi connectivity index (χ2n) is 6.58. The summed E-state index contributed by atoms with van der Waals surface area (Å²) in [6, 6.07) is 3.46. The molecular weight excluding hydrogens is 336 g/mol. The molecule has 0 aliphatic carbocycles. The average Bonchev–Trinajstić information content (AvgIpc) is 3.09. The number of nitrogens with zero attached hydrogens (tertiary/aromatic N) is 5. The number of likely N-dealkylation sites (tertiary alicyclic amines) is 1. The van der Waals surface area contributed by atoms with Crippen molar-refractivity contribution in [3.05, 3.63) is 41.5 Å². The van der Waals surface area contributed by atoms with Gasteiger partial charge in [0.2, 0.25) is 0 Å². The van der Waals surface area contributed by atoms with Gasteiger partial charge < -0.3 is 15.3 Å². The molecule has 1 aliphatic heterocycles. The van der Waals surface area contributed by atoms with Crippen molar-refractivity contribution >= 4 is 11.8 Å². The highest BCUT2D eigenvalue weighted by Gasteiger charge is 2.35. The Kier molecular flexibility index (Phi) is 4.99. The van der Waals surface area contributed by atoms with Gasteiger partial charge in [-0.05, 0) is 31.9 Å². The van der Waals surface area contributed by atoms with Gasteiger partial charge in [-0.1, -0.05) is 5.21 Å². The maximum atomic E-state index is 12.6. The fourth-order valence-corrected chi connectivity index (χ4v) is 3.05. The number of nitrogens with one attached hydrogen (secondary N) is 1. The van der Waals surface area contributed by atoms with Gasteiger partial charge in [-0.2, -0.15) is 0 Å². The quantitative estimate of drug-likeness (QED) is 0.796. The van der Waals surface area contributed by atoms with Crippen LogP contribution in [0.5, 0.6) is 0 Å². The number of pyridine rings is 1. The Labute approximate surface area is 151 Å². The largest absolute Gasteiger partial charge is 0.388 e. The third-order valence-electron chi connectivity index (χ3n) is 4.58. The van der Waals surface area contributed by atoms with Crippen molar-refractivity contribution in [3.8, 4) is 0 Å². The van der Waals surface area contributed by atoms with Gasteiger partial charge in [0.05, 0.1) is 18.3 Å². The number of hydrogen-bond donors (Lipinski definition) is 2. The molecule has 3 rings (SSSR count). The van der Waals surface area contributed by atoms with Crippen LogP contribution in [-0.2, 0) is 6.54 Å². The molecule has 0 spiro atoms. The molecule has 1 saturated heterocycles. The number of piperidine rings is 1. The lowest BCUT2D eigenvalue weighted by atomic mass is 9.91. The highest BCUT2D eigenvalue weighted by Crippen LogP contribution is 2.25. The Morgan fingerprint density at radius 3 is 2.73 bits per heavy atom. The van der Waals surface area contributed by atoms with Crippen LogP contribution in [0, 0.1) is 6.92 Å². The number of aryl methyl sites for hydroxylation is 1. The Balaban J connectivity index is 1.61. The van der Waals surface area contributed by atoms with E-state index in [2.05, 4.69) is 20.6 Å². The normalized spacial score (nSPS) is 16.3. The van der Waals surface area contributed by atoms with Crippen molar-refractivity contribution in [3.63, 3.8) is 0 Å². The molecule has 2 N–H and O–H groups in total. The van der Waals surface area contributed by atoms with Crippen molar-refractivity contribution in [2.75, 3.05) is 20.1 Å². The van der Waals surface area contributed by atoms with E-state index in [9.17, 15) is 14.7 Å². The number of carbonyl (C=O) groups excluding carboxylic acids is 2. The molecule has 2 aromatic heterocycles. The number of carbonyl (C=O) groups is 2. The van der Waals surface area contributed by atoms with Gasteiger partial charge in [0, 0.05) is 37.6 Å². The van der Waals surface area contributed by atoms with Crippen LogP contribution in [0.1, 0.15) is 39.4 Å². The second kappa shape index (κ2) is 7.20. The number of hydrogen-bond acceptors (Lipinski definition) is 6. The van der Waals surface area contributed by atoms with Crippen molar-refractivity contribution in [2.45, 2.75) is 31.9 Å². The summed E-state index contributed by atoms with van der Waals surface area (Å²) in [7, 11) is 1.52. The maximum Gasteiger partial charge on any atom is 0.273 e. The molecule has 0 radical (unpaired) electrons. The van der Waals surface area contributed by atoms with E-state index in [1.54, 1.807) is 23.2 Å². The van der Waals surface area contributed by atoms with E-state index < -0.39 is 5.60 Å². The van der Waals surface area contributed by atoms with Crippen LogP contribution in [0.15, 0.2) is 24.5 Å². The van der Waals surface area contributed by atoms with Crippen LogP contribution in [0.25, 0.3) is 0 Å². The number of aromatic nitrogens is 4. The summed E-state index contributed by atoms with van der Waals surface area (Å²) in [6.45, 7) is 2.98. The molecule has 0 atom stereocenters. The topological polar surface area (TPSA) is 113 Å². The zero-order valence-corrected chi connectivity index (χ0v) is 14.8. The highest BCUT2D eigenvalue weighted by molar-refractivity contribution is 5.94. The lowest BCUT2D eigenvalue weighted by Gasteiger charge is -2.38. The Hall–Kier alpha value is -2.81. The summed E-state index contributed by atoms with van der Waals surface area (Å²) < 4.78 is 1.47. The van der Waals surface area contributed by atoms with Gasteiger partial charge in [0.15, 0.2) is 5.69 Å². The molecule has 2 amide bonds. The molecule has 2 aromatic rings. The zero-order chi connectivity index (χ0) is 18.7. The SMILES string of the molecule is CNC(=O)c1cn(CC2(O)CCN(C(=O)c3ccnc(C)c3)CC2)nn1. The predicted octanol–water partition coefficient (Wildman–Crippen LogP) is 0.00842. The van der Waals surface area contributed by atoms with Crippen molar-refractivity contribution in [1.82, 2.24) is 30.2 Å². The summed E-state index contributed by atoms with van der Waals surface area (Å²) >= 11 is 0. The number of aliphatic hydroxyl groups is 1. The summed E-state index contributed by atoms with van der Waals surface area (Å²) in [6.07, 6.45) is 3.99. The highest BCUT2D eigenvalue weighted by atomic mass is 16.3. The average molecular weight is 358 g/mol. The maximum absolute atomic E-state index is 12.6. The van der Waals surface area contributed by atoms with Gasteiger partial charge in [-0.3, -0.25) is 14.6 Å². The van der Waals surface area contributed by atoms with Crippen LogP contribution in [-0.4, -0.2) is 67.5 Å². The molecule has 0 saturated carbocycles. The molecule has 1 aliphatic rings. The Morgan fingerprint density at radius 1 is 1.35 bits per heavy atom. The number of rotatable bonds is 4. The van der Waals surface area contributed by atoms with Gasteiger partial charge in [-0.25, -0.2) is 4.68 Å². The minimum Gasteiger partial charge on any atom is -0.388 e. The molecule has 0 unspecified atom stereocenters. The fraction of sp³-hybridized carbons (Fsp3) is 0.471. The van der Waals surface area contributed by atoms with Crippen LogP contribution < -0.4 is 5.32 Å². The standard InChI is InChI=1S/C17H22N6O3/c1-12-9-13(3-6-19-12)16(25)22-7-4-17(26,5-8-22)11-23-10-14(20-21-23)15(24)18-2/h3,6,9-10,26H,4-5,7-8,11H2,1-2H3,(H,18,24). The molecule has 9 heteroatoms. The monoisotopic (exact) mass is 358 g/mol. The van der Waals surface area contributed by atoms with E-state index >= 15 is 0 Å². The van der Waals surface area contributed by atoms with E-state index in [1.165, 1.54) is 17.9 Å². The minimum atomic E-state index is -0.987. The van der Waals surface area contributed by atoms with Gasteiger partial charge in [0.1, 0.15) is 0 Å². The molecule has 1 fully saturated rings. The first-order chi connectivity index (χ1) is 12.4. The van der Waals surface area contributed by atoms with E-state index in [4.69, 9.17) is 0 Å². The van der Waals surface area contributed by atoms with E-state index in [1.807, 2.05) is 6.92 Å². The van der Waals surface area contributed by atoms with Gasteiger partial charge >= 0.3 is 0 Å². The van der Waals surface area contributed by atoms with Crippen LogP contribution >= 0.6 is 0 Å². The van der Waals surface area contributed by atoms with Gasteiger partial charge in [-0.15, -0.1) is 5.10 Å². The molecule has 26 heavy (non-hydrogen) atoms. The third kappa shape index (κ3) is 3.88. The number of amides is 2. The van der Waals surface area contributed by atoms with E-state index in [-0.39, 0.29) is 24.1 Å². The lowest BCUT2D eigenvalue weighted by Crippen LogP contribution is -2.48. The molecule has 3 heterocycles. The summed E-state index contributed by atoms with van der Waals surface area (Å²) in [5.74, 6) is -0.378. The molecule has 9 nitrogen and oxygen atoms in total. The molecule has 0 aromatic carbocycles.